The highest BCUT2D eigenvalue weighted by Gasteiger charge is 2.48. The molecule has 1 fully saturated rings. The van der Waals surface area contributed by atoms with Crippen molar-refractivity contribution in [2.75, 3.05) is 18.6 Å². The number of aliphatic hydroxyl groups is 1. The van der Waals surface area contributed by atoms with Gasteiger partial charge in [-0.2, -0.15) is 0 Å². The third-order valence-electron chi connectivity index (χ3n) is 6.91. The van der Waals surface area contributed by atoms with Gasteiger partial charge < -0.3 is 14.6 Å². The van der Waals surface area contributed by atoms with Crippen LogP contribution in [0.15, 0.2) is 76.6 Å². The number of ketones is 1. The number of carbonyl (C=O) groups is 2. The molecule has 0 radical (unpaired) electrons. The lowest BCUT2D eigenvalue weighted by atomic mass is 9.95. The number of nitrogens with zero attached hydrogens (tertiary/aromatic N) is 3. The molecule has 3 aromatic carbocycles. The third kappa shape index (κ3) is 7.04. The second-order valence-corrected chi connectivity index (χ2v) is 13.4. The minimum Gasteiger partial charge on any atom is -0.507 e. The topological polar surface area (TPSA) is 102 Å². The zero-order valence-electron chi connectivity index (χ0n) is 24.1. The standard InChI is InChI=1S/C32H29Cl2N3O5S2/c1-18(2)13-14-42-24-6-4-5-20(15-24)27-26(28(38)19-8-11-23(41-3)12-9-19)29(39)30(40)37(27)31-35-36-32(44-31)43-17-21-7-10-22(33)16-25(21)34/h4-12,15-16,18,27,38H,13-14,17H2,1-3H3. The van der Waals surface area contributed by atoms with Gasteiger partial charge in [-0.3, -0.25) is 14.5 Å². The van der Waals surface area contributed by atoms with Crippen molar-refractivity contribution in [1.29, 1.82) is 0 Å². The maximum atomic E-state index is 13.6. The first-order valence-electron chi connectivity index (χ1n) is 13.7. The third-order valence-corrected chi connectivity index (χ3v) is 9.61. The molecule has 1 aliphatic heterocycles. The molecule has 2 heterocycles. The fraction of sp³-hybridized carbons (Fsp3) is 0.250. The number of thioether (sulfide) groups is 1. The van der Waals surface area contributed by atoms with Gasteiger partial charge in [-0.15, -0.1) is 10.2 Å². The molecule has 228 valence electrons. The van der Waals surface area contributed by atoms with Gasteiger partial charge in [0, 0.05) is 21.4 Å². The van der Waals surface area contributed by atoms with E-state index in [0.717, 1.165) is 12.0 Å². The van der Waals surface area contributed by atoms with Crippen LogP contribution in [0, 0.1) is 5.92 Å². The van der Waals surface area contributed by atoms with E-state index in [-0.39, 0.29) is 16.5 Å². The van der Waals surface area contributed by atoms with Crippen molar-refractivity contribution in [1.82, 2.24) is 10.2 Å². The summed E-state index contributed by atoms with van der Waals surface area (Å²) in [7, 11) is 1.54. The molecule has 5 rings (SSSR count). The second-order valence-electron chi connectivity index (χ2n) is 10.4. The first-order chi connectivity index (χ1) is 21.2. The molecule has 1 aliphatic rings. The highest BCUT2D eigenvalue weighted by atomic mass is 35.5. The zero-order valence-corrected chi connectivity index (χ0v) is 27.3. The molecule has 1 unspecified atom stereocenters. The van der Waals surface area contributed by atoms with Crippen LogP contribution < -0.4 is 14.4 Å². The van der Waals surface area contributed by atoms with Gasteiger partial charge in [-0.1, -0.05) is 78.3 Å². The fourth-order valence-corrected chi connectivity index (χ4v) is 7.00. The van der Waals surface area contributed by atoms with Gasteiger partial charge >= 0.3 is 5.91 Å². The van der Waals surface area contributed by atoms with E-state index in [1.165, 1.54) is 35.1 Å². The average molecular weight is 671 g/mol. The van der Waals surface area contributed by atoms with Crippen LogP contribution in [-0.4, -0.2) is 40.7 Å². The van der Waals surface area contributed by atoms with E-state index in [4.69, 9.17) is 32.7 Å². The summed E-state index contributed by atoms with van der Waals surface area (Å²) in [5.41, 5.74) is 1.76. The van der Waals surface area contributed by atoms with Crippen LogP contribution in [0.1, 0.15) is 43.0 Å². The summed E-state index contributed by atoms with van der Waals surface area (Å²) in [6.07, 6.45) is 0.868. The Morgan fingerprint density at radius 1 is 1.05 bits per heavy atom. The van der Waals surface area contributed by atoms with Crippen LogP contribution in [0.2, 0.25) is 10.0 Å². The summed E-state index contributed by atoms with van der Waals surface area (Å²) in [4.78, 5) is 28.5. The van der Waals surface area contributed by atoms with Gasteiger partial charge in [0.1, 0.15) is 17.3 Å². The number of Topliss-reactive ketones (excluding diaryl/α,β-unsaturated/α-hetero) is 1. The first-order valence-corrected chi connectivity index (χ1v) is 16.3. The summed E-state index contributed by atoms with van der Waals surface area (Å²) in [6.45, 7) is 4.75. The Bertz CT molecular complexity index is 1710. The Balaban J connectivity index is 1.52. The number of hydrogen-bond donors (Lipinski definition) is 1. The van der Waals surface area contributed by atoms with Crippen molar-refractivity contribution in [3.05, 3.63) is 99.0 Å². The molecule has 0 spiro atoms. The largest absolute Gasteiger partial charge is 0.507 e. The summed E-state index contributed by atoms with van der Waals surface area (Å²) < 4.78 is 11.8. The lowest BCUT2D eigenvalue weighted by Gasteiger charge is -2.23. The number of halogens is 2. The molecule has 12 heteroatoms. The number of rotatable bonds is 11. The van der Waals surface area contributed by atoms with Crippen molar-refractivity contribution in [2.24, 2.45) is 5.92 Å². The van der Waals surface area contributed by atoms with Crippen LogP contribution in [0.4, 0.5) is 5.13 Å². The number of methoxy groups -OCH3 is 1. The van der Waals surface area contributed by atoms with Crippen LogP contribution in [0.5, 0.6) is 11.5 Å². The molecule has 1 atom stereocenters. The first kappa shape index (κ1) is 31.8. The van der Waals surface area contributed by atoms with E-state index < -0.39 is 17.7 Å². The van der Waals surface area contributed by atoms with Gasteiger partial charge in [-0.05, 0) is 72.0 Å². The zero-order chi connectivity index (χ0) is 31.4. The maximum Gasteiger partial charge on any atom is 0.301 e. The van der Waals surface area contributed by atoms with Gasteiger partial charge in [-0.25, -0.2) is 0 Å². The summed E-state index contributed by atoms with van der Waals surface area (Å²) in [6, 6.07) is 18.1. The normalized spacial score (nSPS) is 16.1. The molecule has 44 heavy (non-hydrogen) atoms. The van der Waals surface area contributed by atoms with Crippen LogP contribution in [0.3, 0.4) is 0 Å². The molecule has 1 N–H and O–H groups in total. The summed E-state index contributed by atoms with van der Waals surface area (Å²) in [5, 5.41) is 21.3. The number of amides is 1. The average Bonchev–Trinajstić information content (AvgIpc) is 3.58. The quantitative estimate of drug-likeness (QED) is 0.0561. The number of anilines is 1. The molecule has 1 saturated heterocycles. The molecule has 4 aromatic rings. The second kappa shape index (κ2) is 14.0. The fourth-order valence-electron chi connectivity index (χ4n) is 4.57. The number of carbonyl (C=O) groups excluding carboxylic acids is 2. The predicted octanol–water partition coefficient (Wildman–Crippen LogP) is 8.20. The van der Waals surface area contributed by atoms with Crippen LogP contribution >= 0.6 is 46.3 Å². The van der Waals surface area contributed by atoms with Crippen molar-refractivity contribution in [2.45, 2.75) is 36.4 Å². The number of aliphatic hydroxyl groups excluding tert-OH is 1. The van der Waals surface area contributed by atoms with E-state index in [0.29, 0.717) is 55.3 Å². The van der Waals surface area contributed by atoms with E-state index in [1.54, 1.807) is 54.6 Å². The monoisotopic (exact) mass is 669 g/mol. The number of hydrogen-bond acceptors (Lipinski definition) is 9. The van der Waals surface area contributed by atoms with Crippen LogP contribution in [0.25, 0.3) is 5.76 Å². The van der Waals surface area contributed by atoms with Crippen molar-refractivity contribution >= 4 is 68.9 Å². The molecule has 0 bridgehead atoms. The van der Waals surface area contributed by atoms with Gasteiger partial charge in [0.15, 0.2) is 4.34 Å². The maximum absolute atomic E-state index is 13.6. The molecule has 1 aromatic heterocycles. The Morgan fingerprint density at radius 3 is 2.52 bits per heavy atom. The Labute approximate surface area is 273 Å². The molecular weight excluding hydrogens is 641 g/mol. The highest BCUT2D eigenvalue weighted by Crippen LogP contribution is 2.45. The van der Waals surface area contributed by atoms with E-state index in [2.05, 4.69) is 24.0 Å². The number of benzene rings is 3. The molecular formula is C32H29Cl2N3O5S2. The summed E-state index contributed by atoms with van der Waals surface area (Å²) >= 11 is 14.9. The molecule has 0 aliphatic carbocycles. The van der Waals surface area contributed by atoms with Gasteiger partial charge in [0.05, 0.1) is 25.3 Å². The predicted molar refractivity (Wildman–Crippen MR) is 175 cm³/mol. The molecule has 1 amide bonds. The SMILES string of the molecule is COc1ccc(C(O)=C2C(=O)C(=O)N(c3nnc(SCc4ccc(Cl)cc4Cl)s3)C2c2cccc(OCCC(C)C)c2)cc1. The van der Waals surface area contributed by atoms with E-state index in [9.17, 15) is 14.7 Å². The number of aromatic nitrogens is 2. The van der Waals surface area contributed by atoms with Crippen molar-refractivity contribution < 1.29 is 24.2 Å². The van der Waals surface area contributed by atoms with Crippen molar-refractivity contribution in [3.63, 3.8) is 0 Å². The van der Waals surface area contributed by atoms with Gasteiger partial charge in [0.25, 0.3) is 5.78 Å². The summed E-state index contributed by atoms with van der Waals surface area (Å²) in [5.74, 6) is 0.197. The Hall–Kier alpha value is -3.57. The molecule has 8 nitrogen and oxygen atoms in total. The minimum atomic E-state index is -0.970. The van der Waals surface area contributed by atoms with Crippen LogP contribution in [-0.2, 0) is 15.3 Å². The Kier molecular flexibility index (Phi) is 10.2. The van der Waals surface area contributed by atoms with E-state index >= 15 is 0 Å². The number of ether oxygens (including phenoxy) is 2. The lowest BCUT2D eigenvalue weighted by molar-refractivity contribution is -0.132. The Morgan fingerprint density at radius 2 is 1.82 bits per heavy atom. The minimum absolute atomic E-state index is 0.0585. The van der Waals surface area contributed by atoms with Crippen molar-refractivity contribution in [3.8, 4) is 11.5 Å². The van der Waals surface area contributed by atoms with E-state index in [1.807, 2.05) is 12.1 Å². The molecule has 0 saturated carbocycles. The van der Waals surface area contributed by atoms with Gasteiger partial charge in [0.2, 0.25) is 5.13 Å². The smallest absolute Gasteiger partial charge is 0.301 e. The lowest BCUT2D eigenvalue weighted by Crippen LogP contribution is -2.29. The highest BCUT2D eigenvalue weighted by molar-refractivity contribution is 8.00.